The van der Waals surface area contributed by atoms with E-state index < -0.39 is 0 Å². The molecular formula is C17H14N4OS2. The Kier molecular flexibility index (Phi) is 3.95. The average molecular weight is 354 g/mol. The standard InChI is InChI=1S/C17H14N4OS2/c1-11-4-6-12(7-5-11)10-24-17-19-16(13-3-2-8-23-13)18-14-9-15(22)20-21(14)17/h2-9H,10H2,1H3,(H,20,22). The first-order chi connectivity index (χ1) is 11.7. The summed E-state index contributed by atoms with van der Waals surface area (Å²) in [5.41, 5.74) is 2.86. The van der Waals surface area contributed by atoms with Crippen molar-refractivity contribution in [1.82, 2.24) is 19.6 Å². The van der Waals surface area contributed by atoms with Crippen molar-refractivity contribution < 1.29 is 0 Å². The fraction of sp³-hybridized carbons (Fsp3) is 0.118. The third-order valence-corrected chi connectivity index (χ3v) is 5.43. The molecule has 0 aliphatic heterocycles. The Hall–Kier alpha value is -2.38. The molecule has 4 aromatic rings. The maximum Gasteiger partial charge on any atom is 0.266 e. The molecule has 1 aromatic carbocycles. The minimum absolute atomic E-state index is 0.176. The Balaban J connectivity index is 1.72. The summed E-state index contributed by atoms with van der Waals surface area (Å²) in [5, 5.41) is 5.48. The fourth-order valence-corrected chi connectivity index (χ4v) is 3.89. The van der Waals surface area contributed by atoms with E-state index in [2.05, 4.69) is 46.3 Å². The Labute approximate surface area is 146 Å². The molecular weight excluding hydrogens is 340 g/mol. The summed E-state index contributed by atoms with van der Waals surface area (Å²) < 4.78 is 1.65. The zero-order valence-corrected chi connectivity index (χ0v) is 14.5. The third kappa shape index (κ3) is 3.00. The van der Waals surface area contributed by atoms with Crippen LogP contribution in [0.15, 0.2) is 57.8 Å². The minimum atomic E-state index is -0.176. The number of H-pyrrole nitrogens is 1. The Bertz CT molecular complexity index is 1030. The highest BCUT2D eigenvalue weighted by atomic mass is 32.2. The molecule has 0 aliphatic rings. The van der Waals surface area contributed by atoms with Gasteiger partial charge in [-0.05, 0) is 23.9 Å². The molecule has 1 N–H and O–H groups in total. The summed E-state index contributed by atoms with van der Waals surface area (Å²) in [6.07, 6.45) is 0. The van der Waals surface area contributed by atoms with Crippen LogP contribution in [0.4, 0.5) is 0 Å². The maximum absolute atomic E-state index is 11.7. The second-order valence-electron chi connectivity index (χ2n) is 5.40. The number of aromatic amines is 1. The number of hydrogen-bond acceptors (Lipinski definition) is 5. The van der Waals surface area contributed by atoms with Crippen LogP contribution in [0.3, 0.4) is 0 Å². The first-order valence-electron chi connectivity index (χ1n) is 7.41. The lowest BCUT2D eigenvalue weighted by atomic mass is 10.2. The second-order valence-corrected chi connectivity index (χ2v) is 7.29. The van der Waals surface area contributed by atoms with E-state index in [1.165, 1.54) is 17.2 Å². The molecule has 0 amide bonds. The van der Waals surface area contributed by atoms with Gasteiger partial charge in [0, 0.05) is 11.8 Å². The molecule has 0 fully saturated rings. The van der Waals surface area contributed by atoms with Crippen molar-refractivity contribution in [2.75, 3.05) is 0 Å². The molecule has 0 unspecified atom stereocenters. The van der Waals surface area contributed by atoms with Gasteiger partial charge >= 0.3 is 0 Å². The number of thiophene rings is 1. The SMILES string of the molecule is Cc1ccc(CSc2nc(-c3cccs3)nc3cc(=O)[nH]n23)cc1. The van der Waals surface area contributed by atoms with Gasteiger partial charge in [-0.2, -0.15) is 0 Å². The van der Waals surface area contributed by atoms with Crippen LogP contribution in [0.5, 0.6) is 0 Å². The number of thioether (sulfide) groups is 1. The molecule has 0 aliphatic carbocycles. The van der Waals surface area contributed by atoms with Crippen molar-refractivity contribution in [2.45, 2.75) is 17.8 Å². The number of nitrogens with zero attached hydrogens (tertiary/aromatic N) is 3. The molecule has 0 atom stereocenters. The monoisotopic (exact) mass is 354 g/mol. The first kappa shape index (κ1) is 15.2. The molecule has 0 radical (unpaired) electrons. The number of hydrogen-bond donors (Lipinski definition) is 1. The molecule has 0 saturated heterocycles. The molecule has 0 spiro atoms. The summed E-state index contributed by atoms with van der Waals surface area (Å²) in [4.78, 5) is 21.8. The van der Waals surface area contributed by atoms with E-state index in [4.69, 9.17) is 0 Å². The van der Waals surface area contributed by atoms with Crippen molar-refractivity contribution in [3.63, 3.8) is 0 Å². The lowest BCUT2D eigenvalue weighted by molar-refractivity contribution is 0.767. The van der Waals surface area contributed by atoms with Gasteiger partial charge in [-0.25, -0.2) is 14.5 Å². The second kappa shape index (κ2) is 6.26. The van der Waals surface area contributed by atoms with E-state index in [0.29, 0.717) is 11.5 Å². The van der Waals surface area contributed by atoms with Crippen molar-refractivity contribution in [3.8, 4) is 10.7 Å². The molecule has 0 bridgehead atoms. The van der Waals surface area contributed by atoms with Crippen LogP contribution < -0.4 is 5.56 Å². The van der Waals surface area contributed by atoms with Crippen molar-refractivity contribution in [2.24, 2.45) is 0 Å². The zero-order valence-electron chi connectivity index (χ0n) is 12.9. The van der Waals surface area contributed by atoms with Crippen LogP contribution in [-0.2, 0) is 5.75 Å². The van der Waals surface area contributed by atoms with E-state index >= 15 is 0 Å². The fourth-order valence-electron chi connectivity index (χ4n) is 2.33. The van der Waals surface area contributed by atoms with E-state index in [0.717, 1.165) is 15.8 Å². The van der Waals surface area contributed by atoms with Gasteiger partial charge in [-0.3, -0.25) is 9.89 Å². The largest absolute Gasteiger partial charge is 0.268 e. The molecule has 5 nitrogen and oxygen atoms in total. The summed E-state index contributed by atoms with van der Waals surface area (Å²) in [6.45, 7) is 2.07. The van der Waals surface area contributed by atoms with Crippen molar-refractivity contribution in [1.29, 1.82) is 0 Å². The molecule has 120 valence electrons. The van der Waals surface area contributed by atoms with E-state index in [9.17, 15) is 4.79 Å². The smallest absolute Gasteiger partial charge is 0.266 e. The predicted molar refractivity (Wildman–Crippen MR) is 97.7 cm³/mol. The maximum atomic E-state index is 11.7. The molecule has 3 heterocycles. The molecule has 7 heteroatoms. The van der Waals surface area contributed by atoms with Gasteiger partial charge in [-0.15, -0.1) is 11.3 Å². The number of rotatable bonds is 4. The third-order valence-electron chi connectivity index (χ3n) is 3.55. The topological polar surface area (TPSA) is 63.0 Å². The quantitative estimate of drug-likeness (QED) is 0.567. The number of aryl methyl sites for hydroxylation is 1. The lowest BCUT2D eigenvalue weighted by Crippen LogP contribution is -2.04. The summed E-state index contributed by atoms with van der Waals surface area (Å²) in [7, 11) is 0. The lowest BCUT2D eigenvalue weighted by Gasteiger charge is -2.06. The van der Waals surface area contributed by atoms with Gasteiger partial charge in [0.25, 0.3) is 5.56 Å². The summed E-state index contributed by atoms with van der Waals surface area (Å²) in [6, 6.07) is 13.9. The number of nitrogens with one attached hydrogen (secondary N) is 1. The first-order valence-corrected chi connectivity index (χ1v) is 9.27. The van der Waals surface area contributed by atoms with Gasteiger partial charge < -0.3 is 0 Å². The normalized spacial score (nSPS) is 11.2. The predicted octanol–water partition coefficient (Wildman–Crippen LogP) is 3.75. The molecule has 3 aromatic heterocycles. The average Bonchev–Trinajstić information content (AvgIpc) is 3.22. The number of fused-ring (bicyclic) bond motifs is 1. The van der Waals surface area contributed by atoms with Crippen molar-refractivity contribution >= 4 is 28.7 Å². The summed E-state index contributed by atoms with van der Waals surface area (Å²) in [5.74, 6) is 1.42. The van der Waals surface area contributed by atoms with Gasteiger partial charge in [0.15, 0.2) is 16.6 Å². The minimum Gasteiger partial charge on any atom is -0.268 e. The van der Waals surface area contributed by atoms with E-state index in [1.54, 1.807) is 27.6 Å². The Morgan fingerprint density at radius 2 is 2.04 bits per heavy atom. The van der Waals surface area contributed by atoms with Crippen LogP contribution in [0.2, 0.25) is 0 Å². The van der Waals surface area contributed by atoms with Crippen LogP contribution in [0, 0.1) is 6.92 Å². The highest BCUT2D eigenvalue weighted by Crippen LogP contribution is 2.26. The molecule has 4 rings (SSSR count). The molecule has 24 heavy (non-hydrogen) atoms. The van der Waals surface area contributed by atoms with Gasteiger partial charge in [0.2, 0.25) is 0 Å². The number of benzene rings is 1. The van der Waals surface area contributed by atoms with Crippen LogP contribution >= 0.6 is 23.1 Å². The van der Waals surface area contributed by atoms with Crippen LogP contribution in [0.1, 0.15) is 11.1 Å². The Morgan fingerprint density at radius 3 is 2.79 bits per heavy atom. The Morgan fingerprint density at radius 1 is 1.21 bits per heavy atom. The van der Waals surface area contributed by atoms with Crippen LogP contribution in [0.25, 0.3) is 16.3 Å². The van der Waals surface area contributed by atoms with Gasteiger partial charge in [-0.1, -0.05) is 47.7 Å². The molecule has 0 saturated carbocycles. The number of aromatic nitrogens is 4. The van der Waals surface area contributed by atoms with E-state index in [-0.39, 0.29) is 5.56 Å². The zero-order chi connectivity index (χ0) is 16.5. The van der Waals surface area contributed by atoms with Crippen LogP contribution in [-0.4, -0.2) is 19.6 Å². The van der Waals surface area contributed by atoms with Gasteiger partial charge in [0.05, 0.1) is 4.88 Å². The van der Waals surface area contributed by atoms with Gasteiger partial charge in [0.1, 0.15) is 0 Å². The highest BCUT2D eigenvalue weighted by Gasteiger charge is 2.12. The highest BCUT2D eigenvalue weighted by molar-refractivity contribution is 7.98. The van der Waals surface area contributed by atoms with Crippen molar-refractivity contribution in [3.05, 3.63) is 69.3 Å². The van der Waals surface area contributed by atoms with E-state index in [1.807, 2.05) is 17.5 Å². The summed E-state index contributed by atoms with van der Waals surface area (Å²) >= 11 is 3.16.